The maximum absolute atomic E-state index is 12.5. The molecule has 1 aliphatic rings. The number of para-hydroxylation sites is 2. The highest BCUT2D eigenvalue weighted by molar-refractivity contribution is 7.89. The fraction of sp³-hybridized carbons (Fsp3) is 0.600. The molecule has 0 aliphatic carbocycles. The average molecular weight is 437 g/mol. The summed E-state index contributed by atoms with van der Waals surface area (Å²) in [6.07, 6.45) is 0.0303. The van der Waals surface area contributed by atoms with Gasteiger partial charge >= 0.3 is 0 Å². The number of ether oxygens (including phenoxy) is 1. The molecule has 2 heterocycles. The van der Waals surface area contributed by atoms with Crippen LogP contribution in [-0.4, -0.2) is 84.8 Å². The molecular weight excluding hydrogens is 404 g/mol. The van der Waals surface area contributed by atoms with Gasteiger partial charge in [0, 0.05) is 40.3 Å². The van der Waals surface area contributed by atoms with Gasteiger partial charge in [-0.25, -0.2) is 13.4 Å². The zero-order chi connectivity index (χ0) is 21.7. The number of aryl methyl sites for hydroxylation is 1. The van der Waals surface area contributed by atoms with E-state index in [1.807, 2.05) is 45.2 Å². The summed E-state index contributed by atoms with van der Waals surface area (Å²) >= 11 is 0. The molecule has 0 bridgehead atoms. The molecule has 1 aliphatic heterocycles. The van der Waals surface area contributed by atoms with Gasteiger partial charge in [0.05, 0.1) is 36.0 Å². The van der Waals surface area contributed by atoms with Gasteiger partial charge in [0.15, 0.2) is 5.96 Å². The van der Waals surface area contributed by atoms with Gasteiger partial charge < -0.3 is 19.5 Å². The minimum atomic E-state index is -3.30. The van der Waals surface area contributed by atoms with Gasteiger partial charge in [-0.15, -0.1) is 0 Å². The predicted octanol–water partition coefficient (Wildman–Crippen LogP) is 1.02. The highest BCUT2D eigenvalue weighted by atomic mass is 32.2. The molecule has 0 amide bonds. The number of benzene rings is 1. The van der Waals surface area contributed by atoms with Crippen LogP contribution < -0.4 is 5.32 Å². The van der Waals surface area contributed by atoms with Gasteiger partial charge in [-0.2, -0.15) is 4.31 Å². The molecular formula is C20H32N6O3S. The quantitative estimate of drug-likeness (QED) is 0.515. The summed E-state index contributed by atoms with van der Waals surface area (Å²) in [6, 6.07) is 8.03. The van der Waals surface area contributed by atoms with E-state index in [4.69, 9.17) is 4.74 Å². The largest absolute Gasteiger partial charge is 0.378 e. The number of fused-ring (bicyclic) bond motifs is 1. The van der Waals surface area contributed by atoms with Crippen molar-refractivity contribution in [3.8, 4) is 0 Å². The van der Waals surface area contributed by atoms with Gasteiger partial charge in [-0.1, -0.05) is 12.1 Å². The Balaban J connectivity index is 1.54. The van der Waals surface area contributed by atoms with E-state index in [-0.39, 0.29) is 18.5 Å². The topological polar surface area (TPSA) is 92.1 Å². The molecule has 166 valence electrons. The molecule has 9 nitrogen and oxygen atoms in total. The van der Waals surface area contributed by atoms with E-state index in [9.17, 15) is 8.42 Å². The average Bonchev–Trinajstić information content (AvgIpc) is 3.04. The maximum atomic E-state index is 12.5. The number of sulfonamides is 1. The SMILES string of the molecule is CN=C(NCc1nc2ccccc2n1C)N1CCN(S(=O)(=O)CCOC(C)C)CC1. The van der Waals surface area contributed by atoms with Crippen LogP contribution in [-0.2, 0) is 28.4 Å². The van der Waals surface area contributed by atoms with Gasteiger partial charge in [0.2, 0.25) is 10.0 Å². The molecule has 0 atom stereocenters. The van der Waals surface area contributed by atoms with Crippen LogP contribution in [0.25, 0.3) is 11.0 Å². The molecule has 1 fully saturated rings. The third kappa shape index (κ3) is 5.30. The van der Waals surface area contributed by atoms with Crippen LogP contribution in [0.2, 0.25) is 0 Å². The maximum Gasteiger partial charge on any atom is 0.216 e. The fourth-order valence-electron chi connectivity index (χ4n) is 3.54. The number of imidazole rings is 1. The second kappa shape index (κ2) is 9.76. The Morgan fingerprint density at radius 2 is 1.93 bits per heavy atom. The molecule has 0 radical (unpaired) electrons. The molecule has 1 aromatic heterocycles. The number of nitrogens with zero attached hydrogens (tertiary/aromatic N) is 5. The minimum Gasteiger partial charge on any atom is -0.378 e. The molecule has 1 saturated heterocycles. The number of aliphatic imine (C=N–C) groups is 1. The number of hydrogen-bond donors (Lipinski definition) is 1. The van der Waals surface area contributed by atoms with Gasteiger partial charge in [0.25, 0.3) is 0 Å². The monoisotopic (exact) mass is 436 g/mol. The zero-order valence-corrected chi connectivity index (χ0v) is 19.0. The van der Waals surface area contributed by atoms with Crippen molar-refractivity contribution in [2.75, 3.05) is 45.6 Å². The number of hydrogen-bond acceptors (Lipinski definition) is 5. The number of aromatic nitrogens is 2. The lowest BCUT2D eigenvalue weighted by molar-refractivity contribution is 0.0904. The van der Waals surface area contributed by atoms with Crippen LogP contribution in [0.3, 0.4) is 0 Å². The van der Waals surface area contributed by atoms with Crippen molar-refractivity contribution in [3.05, 3.63) is 30.1 Å². The molecule has 1 aromatic carbocycles. The second-order valence-corrected chi connectivity index (χ2v) is 9.69. The predicted molar refractivity (Wildman–Crippen MR) is 119 cm³/mol. The van der Waals surface area contributed by atoms with Gasteiger partial charge in [-0.05, 0) is 26.0 Å². The first kappa shape index (κ1) is 22.5. The standard InChI is InChI=1S/C20H32N6O3S/c1-16(2)29-13-14-30(27,28)26-11-9-25(10-12-26)20(21-3)22-15-19-23-17-7-5-6-8-18(17)24(19)4/h5-8,16H,9-15H2,1-4H3,(H,21,22). The third-order valence-corrected chi connectivity index (χ3v) is 7.05. The molecule has 0 spiro atoms. The first-order chi connectivity index (χ1) is 14.3. The molecule has 30 heavy (non-hydrogen) atoms. The van der Waals surface area contributed by atoms with Crippen molar-refractivity contribution in [1.82, 2.24) is 24.1 Å². The van der Waals surface area contributed by atoms with E-state index < -0.39 is 10.0 Å². The highest BCUT2D eigenvalue weighted by Crippen LogP contribution is 2.14. The minimum absolute atomic E-state index is 0.0187. The summed E-state index contributed by atoms with van der Waals surface area (Å²) in [5.74, 6) is 1.69. The number of piperazine rings is 1. The van der Waals surface area contributed by atoms with Crippen LogP contribution in [0.5, 0.6) is 0 Å². The lowest BCUT2D eigenvalue weighted by Gasteiger charge is -2.35. The van der Waals surface area contributed by atoms with Gasteiger partial charge in [0.1, 0.15) is 5.82 Å². The van der Waals surface area contributed by atoms with E-state index >= 15 is 0 Å². The normalized spacial score (nSPS) is 16.6. The van der Waals surface area contributed by atoms with Crippen molar-refractivity contribution in [2.24, 2.45) is 12.0 Å². The Hall–Kier alpha value is -2.17. The van der Waals surface area contributed by atoms with E-state index in [1.165, 1.54) is 0 Å². The molecule has 0 saturated carbocycles. The second-order valence-electron chi connectivity index (χ2n) is 7.60. The number of guanidine groups is 1. The Labute approximate surface area is 178 Å². The Bertz CT molecular complexity index is 978. The van der Waals surface area contributed by atoms with Crippen LogP contribution in [0.15, 0.2) is 29.3 Å². The lowest BCUT2D eigenvalue weighted by Crippen LogP contribution is -2.54. The van der Waals surface area contributed by atoms with Crippen molar-refractivity contribution in [1.29, 1.82) is 0 Å². The van der Waals surface area contributed by atoms with Crippen molar-refractivity contribution in [3.63, 3.8) is 0 Å². The van der Waals surface area contributed by atoms with Crippen LogP contribution >= 0.6 is 0 Å². The van der Waals surface area contributed by atoms with Gasteiger partial charge in [-0.3, -0.25) is 4.99 Å². The van der Waals surface area contributed by atoms with Crippen LogP contribution in [0.1, 0.15) is 19.7 Å². The molecule has 0 unspecified atom stereocenters. The van der Waals surface area contributed by atoms with Crippen molar-refractivity contribution >= 4 is 27.0 Å². The Kier molecular flexibility index (Phi) is 7.32. The lowest BCUT2D eigenvalue weighted by atomic mass is 10.3. The molecule has 3 rings (SSSR count). The highest BCUT2D eigenvalue weighted by Gasteiger charge is 2.28. The fourth-order valence-corrected chi connectivity index (χ4v) is 4.82. The summed E-state index contributed by atoms with van der Waals surface area (Å²) in [5.41, 5.74) is 2.05. The summed E-state index contributed by atoms with van der Waals surface area (Å²) in [7, 11) is 0.439. The van der Waals surface area contributed by atoms with E-state index in [2.05, 4.69) is 24.8 Å². The molecule has 10 heteroatoms. The summed E-state index contributed by atoms with van der Waals surface area (Å²) in [6.45, 7) is 6.63. The van der Waals surface area contributed by atoms with E-state index in [1.54, 1.807) is 11.4 Å². The first-order valence-electron chi connectivity index (χ1n) is 10.3. The third-order valence-electron chi connectivity index (χ3n) is 5.22. The molecule has 1 N–H and O–H groups in total. The van der Waals surface area contributed by atoms with Crippen molar-refractivity contribution < 1.29 is 13.2 Å². The van der Waals surface area contributed by atoms with Crippen LogP contribution in [0, 0.1) is 0 Å². The number of nitrogens with one attached hydrogen (secondary N) is 1. The smallest absolute Gasteiger partial charge is 0.216 e. The summed E-state index contributed by atoms with van der Waals surface area (Å²) in [5, 5.41) is 3.36. The van der Waals surface area contributed by atoms with Crippen molar-refractivity contribution in [2.45, 2.75) is 26.5 Å². The Morgan fingerprint density at radius 1 is 1.23 bits per heavy atom. The Morgan fingerprint density at radius 3 is 2.57 bits per heavy atom. The zero-order valence-electron chi connectivity index (χ0n) is 18.2. The summed E-state index contributed by atoms with van der Waals surface area (Å²) in [4.78, 5) is 11.1. The molecule has 2 aromatic rings. The van der Waals surface area contributed by atoms with Crippen LogP contribution in [0.4, 0.5) is 0 Å². The van der Waals surface area contributed by atoms with E-state index in [0.717, 1.165) is 22.8 Å². The summed E-state index contributed by atoms with van der Waals surface area (Å²) < 4.78 is 34.0. The van der Waals surface area contributed by atoms with E-state index in [0.29, 0.717) is 32.7 Å². The number of rotatable bonds is 7. The first-order valence-corrected chi connectivity index (χ1v) is 11.9.